The van der Waals surface area contributed by atoms with Gasteiger partial charge >= 0.3 is 6.09 Å². The smallest absolute Gasteiger partial charge is 0.410 e. The molecule has 5 rings (SSSR count). The number of ether oxygens (including phenoxy) is 1. The number of H-pyrrole nitrogens is 1. The van der Waals surface area contributed by atoms with Gasteiger partial charge in [0.05, 0.1) is 11.3 Å². The number of rotatable bonds is 3. The first-order valence-corrected chi connectivity index (χ1v) is 12.7. The maximum absolute atomic E-state index is 15.2. The number of pyridine rings is 1. The summed E-state index contributed by atoms with van der Waals surface area (Å²) >= 11 is 0. The van der Waals surface area contributed by atoms with E-state index in [1.807, 2.05) is 45.0 Å². The van der Waals surface area contributed by atoms with Gasteiger partial charge in [-0.2, -0.15) is 0 Å². The van der Waals surface area contributed by atoms with Crippen LogP contribution in [0, 0.1) is 5.82 Å². The lowest BCUT2D eigenvalue weighted by Crippen LogP contribution is -2.50. The zero-order valence-electron chi connectivity index (χ0n) is 22.2. The van der Waals surface area contributed by atoms with Crippen molar-refractivity contribution in [3.63, 3.8) is 0 Å². The van der Waals surface area contributed by atoms with Crippen LogP contribution in [0.4, 0.5) is 14.9 Å². The first-order chi connectivity index (χ1) is 18.6. The second kappa shape index (κ2) is 11.5. The van der Waals surface area contributed by atoms with Gasteiger partial charge in [0.1, 0.15) is 11.4 Å². The highest BCUT2D eigenvalue weighted by Gasteiger charge is 2.26. The van der Waals surface area contributed by atoms with E-state index in [9.17, 15) is 9.59 Å². The lowest BCUT2D eigenvalue weighted by Gasteiger charge is -2.36. The molecule has 39 heavy (non-hydrogen) atoms. The van der Waals surface area contributed by atoms with Crippen LogP contribution in [0.15, 0.2) is 42.6 Å². The molecule has 0 atom stereocenters. The molecule has 1 fully saturated rings. The van der Waals surface area contributed by atoms with Gasteiger partial charge in [0.2, 0.25) is 0 Å². The Bertz CT molecular complexity index is 1360. The summed E-state index contributed by atoms with van der Waals surface area (Å²) in [4.78, 5) is 44.2. The Morgan fingerprint density at radius 1 is 1.10 bits per heavy atom. The molecule has 206 valence electrons. The third-order valence-electron chi connectivity index (χ3n) is 6.40. The monoisotopic (exact) mass is 537 g/mol. The second-order valence-corrected chi connectivity index (χ2v) is 10.2. The Hall–Kier alpha value is -4.41. The number of hydrogen-bond acceptors (Lipinski definition) is 6. The minimum atomic E-state index is -0.534. The van der Waals surface area contributed by atoms with E-state index >= 15 is 4.39 Å². The number of carbonyl (C=O) groups excluding carboxylic acids is 2. The third kappa shape index (κ3) is 6.54. The van der Waals surface area contributed by atoms with E-state index in [0.29, 0.717) is 49.5 Å². The molecule has 1 aromatic carbocycles. The molecule has 1 saturated heterocycles. The van der Waals surface area contributed by atoms with Gasteiger partial charge < -0.3 is 29.9 Å². The SMILES string of the molecule is CC(C)(C)OC(=O)N1CCN(c2ccc(-c3cc(-c4cc5c([nH]4)CCNC5=O)ccn3)c(F)c2)CC1.O=CO. The second-order valence-electron chi connectivity index (χ2n) is 10.2. The van der Waals surface area contributed by atoms with Crippen molar-refractivity contribution in [3.8, 4) is 22.5 Å². The number of halogens is 1. The lowest BCUT2D eigenvalue weighted by molar-refractivity contribution is -0.122. The van der Waals surface area contributed by atoms with Crippen LogP contribution in [0.3, 0.4) is 0 Å². The van der Waals surface area contributed by atoms with Gasteiger partial charge in [-0.05, 0) is 57.2 Å². The summed E-state index contributed by atoms with van der Waals surface area (Å²) in [5, 5.41) is 9.74. The fourth-order valence-electron chi connectivity index (χ4n) is 4.58. The topological polar surface area (TPSA) is 128 Å². The van der Waals surface area contributed by atoms with E-state index in [4.69, 9.17) is 14.6 Å². The van der Waals surface area contributed by atoms with Gasteiger partial charge in [0, 0.05) is 73.5 Å². The zero-order chi connectivity index (χ0) is 28.2. The minimum Gasteiger partial charge on any atom is -0.483 e. The van der Waals surface area contributed by atoms with Crippen molar-refractivity contribution < 1.29 is 28.6 Å². The summed E-state index contributed by atoms with van der Waals surface area (Å²) in [5.74, 6) is -0.446. The Labute approximate surface area is 225 Å². The van der Waals surface area contributed by atoms with Gasteiger partial charge in [0.15, 0.2) is 0 Å². The standard InChI is InChI=1S/C27H30FN5O3.CH2O2/c1-27(2,3)36-26(35)33-12-10-32(11-13-33)18-4-5-19(21(28)15-18)24-14-17(6-8-29-24)23-16-20-22(31-23)7-9-30-25(20)34;2-1-3/h4-6,8,14-16,31H,7,9-13H2,1-3H3,(H,30,34);1H,(H,2,3). The number of carboxylic acid groups (broad SMARTS) is 1. The summed E-state index contributed by atoms with van der Waals surface area (Å²) in [6, 6.07) is 10.6. The van der Waals surface area contributed by atoms with Crippen LogP contribution in [-0.4, -0.2) is 76.8 Å². The van der Waals surface area contributed by atoms with Crippen LogP contribution in [0.1, 0.15) is 36.8 Å². The van der Waals surface area contributed by atoms with E-state index in [0.717, 1.165) is 29.1 Å². The van der Waals surface area contributed by atoms with Crippen LogP contribution in [0.25, 0.3) is 22.5 Å². The molecule has 0 bridgehead atoms. The van der Waals surface area contributed by atoms with Crippen molar-refractivity contribution in [2.75, 3.05) is 37.6 Å². The van der Waals surface area contributed by atoms with Crippen molar-refractivity contribution in [1.82, 2.24) is 20.2 Å². The number of aromatic nitrogens is 2. The number of nitrogens with one attached hydrogen (secondary N) is 2. The van der Waals surface area contributed by atoms with Crippen molar-refractivity contribution in [2.24, 2.45) is 0 Å². The number of anilines is 1. The number of nitrogens with zero attached hydrogens (tertiary/aromatic N) is 3. The molecule has 0 saturated carbocycles. The fourth-order valence-corrected chi connectivity index (χ4v) is 4.58. The molecule has 11 heteroatoms. The quantitative estimate of drug-likeness (QED) is 0.432. The van der Waals surface area contributed by atoms with Crippen LogP contribution in [-0.2, 0) is 16.0 Å². The van der Waals surface area contributed by atoms with Gasteiger partial charge in [-0.1, -0.05) is 0 Å². The van der Waals surface area contributed by atoms with Gasteiger partial charge in [-0.25, -0.2) is 9.18 Å². The first-order valence-electron chi connectivity index (χ1n) is 12.7. The van der Waals surface area contributed by atoms with E-state index in [1.165, 1.54) is 6.07 Å². The number of aromatic amines is 1. The Kier molecular flexibility index (Phi) is 8.18. The molecule has 2 aliphatic rings. The molecule has 0 unspecified atom stereocenters. The first kappa shape index (κ1) is 27.6. The highest BCUT2D eigenvalue weighted by atomic mass is 19.1. The molecule has 10 nitrogen and oxygen atoms in total. The van der Waals surface area contributed by atoms with E-state index in [1.54, 1.807) is 17.2 Å². The molecule has 3 aromatic rings. The molecule has 4 heterocycles. The zero-order valence-corrected chi connectivity index (χ0v) is 22.2. The predicted octanol–water partition coefficient (Wildman–Crippen LogP) is 3.93. The number of piperazine rings is 1. The maximum atomic E-state index is 15.2. The highest BCUT2D eigenvalue weighted by molar-refractivity contribution is 5.97. The molecule has 0 aliphatic carbocycles. The van der Waals surface area contributed by atoms with Crippen molar-refractivity contribution >= 4 is 24.2 Å². The molecule has 2 aromatic heterocycles. The van der Waals surface area contributed by atoms with Crippen LogP contribution >= 0.6 is 0 Å². The fraction of sp³-hybridized carbons (Fsp3) is 0.357. The minimum absolute atomic E-state index is 0.0819. The number of hydrogen-bond donors (Lipinski definition) is 3. The molecule has 2 aliphatic heterocycles. The van der Waals surface area contributed by atoms with Crippen LogP contribution in [0.2, 0.25) is 0 Å². The van der Waals surface area contributed by atoms with Crippen molar-refractivity contribution in [3.05, 3.63) is 59.7 Å². The Morgan fingerprint density at radius 2 is 1.82 bits per heavy atom. The average molecular weight is 538 g/mol. The lowest BCUT2D eigenvalue weighted by atomic mass is 10.1. The molecule has 0 radical (unpaired) electrons. The average Bonchev–Trinajstić information content (AvgIpc) is 3.34. The highest BCUT2D eigenvalue weighted by Crippen LogP contribution is 2.30. The normalized spacial score (nSPS) is 15.0. The van der Waals surface area contributed by atoms with Gasteiger partial charge in [-0.15, -0.1) is 0 Å². The summed E-state index contributed by atoms with van der Waals surface area (Å²) in [5.41, 5.74) is 4.36. The number of fused-ring (bicyclic) bond motifs is 1. The van der Waals surface area contributed by atoms with E-state index in [-0.39, 0.29) is 24.3 Å². The summed E-state index contributed by atoms with van der Waals surface area (Å²) in [7, 11) is 0. The van der Waals surface area contributed by atoms with E-state index < -0.39 is 5.60 Å². The number of carbonyl (C=O) groups is 3. The van der Waals surface area contributed by atoms with Gasteiger partial charge in [0.25, 0.3) is 12.4 Å². The summed E-state index contributed by atoms with van der Waals surface area (Å²) in [6.45, 7) is 8.12. The number of amides is 2. The molecular weight excluding hydrogens is 505 g/mol. The number of benzene rings is 1. The largest absolute Gasteiger partial charge is 0.483 e. The summed E-state index contributed by atoms with van der Waals surface area (Å²) in [6.07, 6.45) is 2.08. The van der Waals surface area contributed by atoms with Crippen molar-refractivity contribution in [1.29, 1.82) is 0 Å². The van der Waals surface area contributed by atoms with Crippen LogP contribution < -0.4 is 10.2 Å². The Balaban J connectivity index is 0.00000112. The van der Waals surface area contributed by atoms with Crippen LogP contribution in [0.5, 0.6) is 0 Å². The molecule has 0 spiro atoms. The molecule has 3 N–H and O–H groups in total. The predicted molar refractivity (Wildman–Crippen MR) is 144 cm³/mol. The Morgan fingerprint density at radius 3 is 2.46 bits per heavy atom. The third-order valence-corrected chi connectivity index (χ3v) is 6.40. The molecular formula is C28H32FN5O5. The van der Waals surface area contributed by atoms with E-state index in [2.05, 4.69) is 20.2 Å². The maximum Gasteiger partial charge on any atom is 0.410 e. The van der Waals surface area contributed by atoms with Crippen molar-refractivity contribution in [2.45, 2.75) is 32.8 Å². The van der Waals surface area contributed by atoms with Gasteiger partial charge in [-0.3, -0.25) is 14.6 Å². The summed E-state index contributed by atoms with van der Waals surface area (Å²) < 4.78 is 20.7. The molecule has 2 amide bonds.